The van der Waals surface area contributed by atoms with Crippen molar-refractivity contribution in [3.8, 4) is 5.75 Å². The highest BCUT2D eigenvalue weighted by molar-refractivity contribution is 6.03. The van der Waals surface area contributed by atoms with Crippen LogP contribution in [0.4, 0.5) is 5.82 Å². The second-order valence-electron chi connectivity index (χ2n) is 5.60. The first-order valence-corrected chi connectivity index (χ1v) is 7.74. The zero-order chi connectivity index (χ0) is 16.9. The van der Waals surface area contributed by atoms with E-state index in [9.17, 15) is 4.79 Å². The van der Waals surface area contributed by atoms with Gasteiger partial charge in [-0.25, -0.2) is 4.68 Å². The van der Waals surface area contributed by atoms with Gasteiger partial charge in [0.25, 0.3) is 5.91 Å². The fourth-order valence-electron chi connectivity index (χ4n) is 2.26. The second-order valence-corrected chi connectivity index (χ2v) is 5.60. The van der Waals surface area contributed by atoms with E-state index in [0.717, 1.165) is 11.5 Å². The molecule has 2 heterocycles. The van der Waals surface area contributed by atoms with Crippen LogP contribution in [0.5, 0.6) is 5.75 Å². The van der Waals surface area contributed by atoms with Gasteiger partial charge in [0.1, 0.15) is 23.9 Å². The van der Waals surface area contributed by atoms with Crippen molar-refractivity contribution in [3.63, 3.8) is 0 Å². The summed E-state index contributed by atoms with van der Waals surface area (Å²) in [5.74, 6) is 1.92. The number of rotatable bonds is 6. The zero-order valence-electron chi connectivity index (χ0n) is 13.6. The number of amides is 1. The van der Waals surface area contributed by atoms with Gasteiger partial charge in [-0.05, 0) is 50.2 Å². The summed E-state index contributed by atoms with van der Waals surface area (Å²) in [5.41, 5.74) is 0.553. The molecule has 0 radical (unpaired) electrons. The molecule has 1 amide bonds. The van der Waals surface area contributed by atoms with Gasteiger partial charge in [-0.15, -0.1) is 0 Å². The molecule has 0 saturated carbocycles. The van der Waals surface area contributed by atoms with E-state index in [1.807, 2.05) is 26.0 Å². The maximum absolute atomic E-state index is 12.4. The average Bonchev–Trinajstić information content (AvgIpc) is 3.20. The van der Waals surface area contributed by atoms with Gasteiger partial charge >= 0.3 is 0 Å². The van der Waals surface area contributed by atoms with E-state index in [-0.39, 0.29) is 12.0 Å². The predicted molar refractivity (Wildman–Crippen MR) is 90.2 cm³/mol. The van der Waals surface area contributed by atoms with E-state index >= 15 is 0 Å². The Labute approximate surface area is 140 Å². The van der Waals surface area contributed by atoms with Crippen molar-refractivity contribution in [1.82, 2.24) is 9.78 Å². The smallest absolute Gasteiger partial charge is 0.256 e. The minimum absolute atomic E-state index is 0.0978. The first-order chi connectivity index (χ1) is 11.6. The molecule has 2 aromatic heterocycles. The van der Waals surface area contributed by atoms with Crippen LogP contribution in [0.1, 0.15) is 30.0 Å². The third-order valence-electron chi connectivity index (χ3n) is 3.33. The lowest BCUT2D eigenvalue weighted by Gasteiger charge is -2.11. The van der Waals surface area contributed by atoms with Gasteiger partial charge in [0.2, 0.25) is 0 Å². The SMILES string of the molecule is CC(C)Oc1ccc(C(=O)Nc2ccnn2Cc2ccco2)cc1. The lowest BCUT2D eigenvalue weighted by atomic mass is 10.2. The standard InChI is InChI=1S/C18H19N3O3/c1-13(2)24-15-7-5-14(6-8-15)18(22)20-17-9-10-19-21(17)12-16-4-3-11-23-16/h3-11,13H,12H2,1-2H3,(H,20,22). The number of ether oxygens (including phenoxy) is 1. The van der Waals surface area contributed by atoms with Gasteiger partial charge in [0.05, 0.1) is 18.6 Å². The molecule has 0 fully saturated rings. The normalized spacial score (nSPS) is 10.8. The van der Waals surface area contributed by atoms with Crippen LogP contribution in [-0.4, -0.2) is 21.8 Å². The molecule has 1 N–H and O–H groups in total. The maximum Gasteiger partial charge on any atom is 0.256 e. The topological polar surface area (TPSA) is 69.3 Å². The average molecular weight is 325 g/mol. The van der Waals surface area contributed by atoms with E-state index in [1.54, 1.807) is 47.5 Å². The number of carbonyl (C=O) groups is 1. The molecule has 24 heavy (non-hydrogen) atoms. The zero-order valence-corrected chi connectivity index (χ0v) is 13.6. The Kier molecular flexibility index (Phi) is 4.65. The van der Waals surface area contributed by atoms with Crippen molar-refractivity contribution in [2.45, 2.75) is 26.5 Å². The van der Waals surface area contributed by atoms with Crippen molar-refractivity contribution in [2.75, 3.05) is 5.32 Å². The molecule has 0 bridgehead atoms. The molecule has 1 aromatic carbocycles. The van der Waals surface area contributed by atoms with Crippen LogP contribution in [-0.2, 0) is 6.54 Å². The molecular weight excluding hydrogens is 306 g/mol. The summed E-state index contributed by atoms with van der Waals surface area (Å²) < 4.78 is 12.6. The van der Waals surface area contributed by atoms with Gasteiger partial charge in [-0.1, -0.05) is 0 Å². The summed E-state index contributed by atoms with van der Waals surface area (Å²) in [7, 11) is 0. The molecule has 0 saturated heterocycles. The van der Waals surface area contributed by atoms with Gasteiger partial charge in [-0.2, -0.15) is 5.10 Å². The number of benzene rings is 1. The molecule has 3 aromatic rings. The van der Waals surface area contributed by atoms with Crippen LogP contribution < -0.4 is 10.1 Å². The molecule has 0 atom stereocenters. The molecule has 0 unspecified atom stereocenters. The second kappa shape index (κ2) is 7.04. The van der Waals surface area contributed by atoms with Crippen molar-refractivity contribution >= 4 is 11.7 Å². The molecule has 0 aliphatic rings. The summed E-state index contributed by atoms with van der Waals surface area (Å²) in [5, 5.41) is 7.07. The van der Waals surface area contributed by atoms with Crippen molar-refractivity contribution in [3.05, 3.63) is 66.2 Å². The fraction of sp³-hybridized carbons (Fsp3) is 0.222. The number of hydrogen-bond donors (Lipinski definition) is 1. The molecule has 0 spiro atoms. The van der Waals surface area contributed by atoms with E-state index in [4.69, 9.17) is 9.15 Å². The fourth-order valence-corrected chi connectivity index (χ4v) is 2.26. The number of hydrogen-bond acceptors (Lipinski definition) is 4. The predicted octanol–water partition coefficient (Wildman–Crippen LogP) is 3.56. The quantitative estimate of drug-likeness (QED) is 0.752. The lowest BCUT2D eigenvalue weighted by Crippen LogP contribution is -2.16. The van der Waals surface area contributed by atoms with Crippen LogP contribution >= 0.6 is 0 Å². The summed E-state index contributed by atoms with van der Waals surface area (Å²) in [6, 6.07) is 12.5. The molecule has 124 valence electrons. The van der Waals surface area contributed by atoms with Crippen LogP contribution in [0, 0.1) is 0 Å². The third-order valence-corrected chi connectivity index (χ3v) is 3.33. The number of furan rings is 1. The van der Waals surface area contributed by atoms with Crippen molar-refractivity contribution in [2.24, 2.45) is 0 Å². The number of nitrogens with zero attached hydrogens (tertiary/aromatic N) is 2. The van der Waals surface area contributed by atoms with Crippen LogP contribution in [0.15, 0.2) is 59.3 Å². The summed E-state index contributed by atoms with van der Waals surface area (Å²) in [6.45, 7) is 4.37. The Morgan fingerprint density at radius 3 is 2.71 bits per heavy atom. The Hall–Kier alpha value is -3.02. The molecule has 6 nitrogen and oxygen atoms in total. The van der Waals surface area contributed by atoms with E-state index < -0.39 is 0 Å². The van der Waals surface area contributed by atoms with Crippen LogP contribution in [0.3, 0.4) is 0 Å². The number of aromatic nitrogens is 2. The van der Waals surface area contributed by atoms with E-state index in [1.165, 1.54) is 0 Å². The number of nitrogens with one attached hydrogen (secondary N) is 1. The minimum Gasteiger partial charge on any atom is -0.491 e. The number of anilines is 1. The Balaban J connectivity index is 1.68. The summed E-state index contributed by atoms with van der Waals surface area (Å²) >= 11 is 0. The lowest BCUT2D eigenvalue weighted by molar-refractivity contribution is 0.102. The van der Waals surface area contributed by atoms with Gasteiger partial charge in [0, 0.05) is 11.6 Å². The number of carbonyl (C=O) groups excluding carboxylic acids is 1. The monoisotopic (exact) mass is 325 g/mol. The summed E-state index contributed by atoms with van der Waals surface area (Å²) in [4.78, 5) is 12.4. The van der Waals surface area contributed by atoms with Crippen LogP contribution in [0.25, 0.3) is 0 Å². The largest absolute Gasteiger partial charge is 0.491 e. The van der Waals surface area contributed by atoms with E-state index in [2.05, 4.69) is 10.4 Å². The molecule has 0 aliphatic carbocycles. The van der Waals surface area contributed by atoms with Crippen molar-refractivity contribution in [1.29, 1.82) is 0 Å². The first-order valence-electron chi connectivity index (χ1n) is 7.74. The molecular formula is C18H19N3O3. The molecule has 6 heteroatoms. The van der Waals surface area contributed by atoms with Crippen molar-refractivity contribution < 1.29 is 13.9 Å². The minimum atomic E-state index is -0.202. The van der Waals surface area contributed by atoms with Gasteiger partial charge < -0.3 is 14.5 Å². The van der Waals surface area contributed by atoms with Crippen LogP contribution in [0.2, 0.25) is 0 Å². The van der Waals surface area contributed by atoms with Gasteiger partial charge in [0.15, 0.2) is 0 Å². The maximum atomic E-state index is 12.4. The first kappa shape index (κ1) is 15.9. The highest BCUT2D eigenvalue weighted by Crippen LogP contribution is 2.16. The van der Waals surface area contributed by atoms with E-state index in [0.29, 0.717) is 17.9 Å². The highest BCUT2D eigenvalue weighted by atomic mass is 16.5. The van der Waals surface area contributed by atoms with Gasteiger partial charge in [-0.3, -0.25) is 4.79 Å². The summed E-state index contributed by atoms with van der Waals surface area (Å²) in [6.07, 6.45) is 3.34. The molecule has 0 aliphatic heterocycles. The Bertz CT molecular complexity index is 789. The molecule has 3 rings (SSSR count). The third kappa shape index (κ3) is 3.84. The Morgan fingerprint density at radius 2 is 2.04 bits per heavy atom. The highest BCUT2D eigenvalue weighted by Gasteiger charge is 2.11. The Morgan fingerprint density at radius 1 is 1.25 bits per heavy atom.